The largest absolute Gasteiger partial charge is 0.385 e. The second-order valence-corrected chi connectivity index (χ2v) is 9.28. The number of fused-ring (bicyclic) bond motifs is 4. The van der Waals surface area contributed by atoms with Crippen molar-refractivity contribution in [1.82, 2.24) is 9.97 Å². The highest BCUT2D eigenvalue weighted by molar-refractivity contribution is 5.79. The van der Waals surface area contributed by atoms with Gasteiger partial charge in [0.1, 0.15) is 0 Å². The van der Waals surface area contributed by atoms with Crippen molar-refractivity contribution in [3.8, 4) is 0 Å². The molecule has 0 unspecified atom stereocenters. The smallest absolute Gasteiger partial charge is 0.0701 e. The highest BCUT2D eigenvalue weighted by Crippen LogP contribution is 2.21. The summed E-state index contributed by atoms with van der Waals surface area (Å²) in [6, 6.07) is 39.4. The third-order valence-electron chi connectivity index (χ3n) is 6.66. The molecule has 0 saturated heterocycles. The molecular formula is C34H34N4. The van der Waals surface area contributed by atoms with Gasteiger partial charge in [-0.05, 0) is 72.2 Å². The molecular weight excluding hydrogens is 464 g/mol. The number of anilines is 2. The summed E-state index contributed by atoms with van der Waals surface area (Å²) in [4.78, 5) is 7.30. The number of hydrogen-bond acceptors (Lipinski definition) is 3. The number of aryl methyl sites for hydroxylation is 1. The Bertz CT molecular complexity index is 1430. The van der Waals surface area contributed by atoms with E-state index in [0.29, 0.717) is 0 Å². The Morgan fingerprint density at radius 3 is 1.92 bits per heavy atom. The number of aromatic nitrogens is 2. The van der Waals surface area contributed by atoms with Gasteiger partial charge in [0, 0.05) is 47.8 Å². The molecule has 3 N–H and O–H groups in total. The monoisotopic (exact) mass is 498 g/mol. The van der Waals surface area contributed by atoms with Crippen molar-refractivity contribution >= 4 is 33.2 Å². The van der Waals surface area contributed by atoms with E-state index in [9.17, 15) is 0 Å². The quantitative estimate of drug-likeness (QED) is 0.198. The lowest BCUT2D eigenvalue weighted by molar-refractivity contribution is 0.830. The molecule has 4 heteroatoms. The fraction of sp³-hybridized carbons (Fsp3) is 0.147. The van der Waals surface area contributed by atoms with E-state index in [4.69, 9.17) is 0 Å². The number of benzene rings is 4. The highest BCUT2D eigenvalue weighted by atomic mass is 14.9. The molecule has 190 valence electrons. The molecule has 2 aliphatic heterocycles. The van der Waals surface area contributed by atoms with Crippen LogP contribution in [0.4, 0.5) is 11.4 Å². The number of nitrogens with one attached hydrogen (secondary N) is 3. The summed E-state index contributed by atoms with van der Waals surface area (Å²) in [5.74, 6) is 0. The van der Waals surface area contributed by atoms with Crippen LogP contribution in [0.3, 0.4) is 0 Å². The predicted molar refractivity (Wildman–Crippen MR) is 162 cm³/mol. The SMILES string of the molecule is c1ccc2[nH]ccc2c1.c1ccc2c(c1)CCCN2.c1ccc2c(c1)CCN2.c1ccc2ncccc2c1. The maximum atomic E-state index is 4.18. The number of rotatable bonds is 0. The van der Waals surface area contributed by atoms with E-state index in [1.807, 2.05) is 48.8 Å². The minimum Gasteiger partial charge on any atom is -0.385 e. The zero-order valence-corrected chi connectivity index (χ0v) is 21.6. The van der Waals surface area contributed by atoms with Gasteiger partial charge in [0.15, 0.2) is 0 Å². The molecule has 0 fully saturated rings. The van der Waals surface area contributed by atoms with Crippen LogP contribution in [0.25, 0.3) is 21.8 Å². The molecule has 4 heterocycles. The Morgan fingerprint density at radius 1 is 0.526 bits per heavy atom. The molecule has 6 aromatic rings. The fourth-order valence-electron chi connectivity index (χ4n) is 4.67. The maximum Gasteiger partial charge on any atom is 0.0701 e. The number of H-pyrrole nitrogens is 1. The van der Waals surface area contributed by atoms with E-state index >= 15 is 0 Å². The van der Waals surface area contributed by atoms with E-state index in [0.717, 1.165) is 18.6 Å². The van der Waals surface area contributed by atoms with Gasteiger partial charge in [-0.25, -0.2) is 0 Å². The topological polar surface area (TPSA) is 52.7 Å². The molecule has 2 aliphatic rings. The van der Waals surface area contributed by atoms with E-state index in [1.54, 1.807) is 0 Å². The summed E-state index contributed by atoms with van der Waals surface area (Å²) in [6.07, 6.45) is 7.46. The zero-order valence-electron chi connectivity index (χ0n) is 21.6. The molecule has 0 bridgehead atoms. The lowest BCUT2D eigenvalue weighted by atomic mass is 10.0. The van der Waals surface area contributed by atoms with Crippen LogP contribution in [0.2, 0.25) is 0 Å². The number of nitrogens with zero attached hydrogens (tertiary/aromatic N) is 1. The van der Waals surface area contributed by atoms with Crippen LogP contribution in [0, 0.1) is 0 Å². The Balaban J connectivity index is 0.000000103. The number of pyridine rings is 1. The average Bonchev–Trinajstić information content (AvgIpc) is 3.68. The second kappa shape index (κ2) is 13.1. The molecule has 38 heavy (non-hydrogen) atoms. The van der Waals surface area contributed by atoms with Crippen LogP contribution >= 0.6 is 0 Å². The van der Waals surface area contributed by atoms with E-state index in [2.05, 4.69) is 99.5 Å². The van der Waals surface area contributed by atoms with Crippen molar-refractivity contribution in [1.29, 1.82) is 0 Å². The van der Waals surface area contributed by atoms with Crippen LogP contribution < -0.4 is 10.6 Å². The van der Waals surface area contributed by atoms with Crippen molar-refractivity contribution in [2.75, 3.05) is 23.7 Å². The number of hydrogen-bond donors (Lipinski definition) is 3. The molecule has 0 amide bonds. The van der Waals surface area contributed by atoms with Crippen molar-refractivity contribution < 1.29 is 0 Å². The molecule has 0 radical (unpaired) electrons. The standard InChI is InChI=1S/C9H11N.C9H7N.C8H9N.C8H7N/c2*1-2-6-9-8(4-1)5-3-7-10-9;2*1-2-4-8-7(3-1)5-6-9-8/h1-2,4,6,10H,3,5,7H2;1-7H;1-4,9H,5-6H2;1-6,9H. The van der Waals surface area contributed by atoms with E-state index in [1.165, 1.54) is 58.1 Å². The second-order valence-electron chi connectivity index (χ2n) is 9.28. The maximum absolute atomic E-state index is 4.18. The third kappa shape index (κ3) is 6.80. The first-order valence-electron chi connectivity index (χ1n) is 13.3. The van der Waals surface area contributed by atoms with Gasteiger partial charge in [-0.15, -0.1) is 0 Å². The Kier molecular flexibility index (Phi) is 8.66. The molecule has 0 spiro atoms. The summed E-state index contributed by atoms with van der Waals surface area (Å²) < 4.78 is 0. The van der Waals surface area contributed by atoms with E-state index < -0.39 is 0 Å². The lowest BCUT2D eigenvalue weighted by Crippen LogP contribution is -2.10. The van der Waals surface area contributed by atoms with Gasteiger partial charge in [0.2, 0.25) is 0 Å². The summed E-state index contributed by atoms with van der Waals surface area (Å²) >= 11 is 0. The van der Waals surface area contributed by atoms with Gasteiger partial charge in [0.05, 0.1) is 5.52 Å². The summed E-state index contributed by atoms with van der Waals surface area (Å²) in [5, 5.41) is 9.14. The number of aromatic amines is 1. The molecule has 2 aromatic heterocycles. The van der Waals surface area contributed by atoms with Crippen LogP contribution in [-0.2, 0) is 12.8 Å². The van der Waals surface area contributed by atoms with Crippen molar-refractivity contribution in [2.45, 2.75) is 19.3 Å². The minimum absolute atomic E-state index is 1.06. The van der Waals surface area contributed by atoms with Crippen molar-refractivity contribution in [3.05, 3.63) is 139 Å². The zero-order chi connectivity index (χ0) is 25.8. The summed E-state index contributed by atoms with van der Waals surface area (Å²) in [7, 11) is 0. The predicted octanol–water partition coefficient (Wildman–Crippen LogP) is 8.10. The van der Waals surface area contributed by atoms with Gasteiger partial charge in [-0.2, -0.15) is 0 Å². The normalized spacial score (nSPS) is 12.6. The summed E-state index contributed by atoms with van der Waals surface area (Å²) in [6.45, 7) is 2.25. The minimum atomic E-state index is 1.06. The first kappa shape index (κ1) is 25.1. The Morgan fingerprint density at radius 2 is 1.16 bits per heavy atom. The van der Waals surface area contributed by atoms with Crippen LogP contribution in [0.15, 0.2) is 128 Å². The highest BCUT2D eigenvalue weighted by Gasteiger charge is 2.06. The third-order valence-corrected chi connectivity index (χ3v) is 6.66. The van der Waals surface area contributed by atoms with Crippen LogP contribution in [0.5, 0.6) is 0 Å². The molecule has 4 aromatic carbocycles. The Labute approximate surface area is 224 Å². The van der Waals surface area contributed by atoms with Crippen LogP contribution in [0.1, 0.15) is 17.5 Å². The van der Waals surface area contributed by atoms with Crippen molar-refractivity contribution in [2.24, 2.45) is 0 Å². The van der Waals surface area contributed by atoms with Gasteiger partial charge in [-0.3, -0.25) is 4.98 Å². The first-order chi connectivity index (χ1) is 18.9. The van der Waals surface area contributed by atoms with Gasteiger partial charge < -0.3 is 15.6 Å². The molecule has 0 atom stereocenters. The lowest BCUT2D eigenvalue weighted by Gasteiger charge is -2.16. The van der Waals surface area contributed by atoms with Crippen molar-refractivity contribution in [3.63, 3.8) is 0 Å². The number of para-hydroxylation sites is 4. The van der Waals surface area contributed by atoms with Gasteiger partial charge in [-0.1, -0.05) is 78.9 Å². The Hall–Kier alpha value is -4.57. The van der Waals surface area contributed by atoms with E-state index in [-0.39, 0.29) is 0 Å². The molecule has 4 nitrogen and oxygen atoms in total. The average molecular weight is 499 g/mol. The van der Waals surface area contributed by atoms with Crippen LogP contribution in [-0.4, -0.2) is 23.1 Å². The fourth-order valence-corrected chi connectivity index (χ4v) is 4.67. The first-order valence-corrected chi connectivity index (χ1v) is 13.3. The van der Waals surface area contributed by atoms with Gasteiger partial charge in [0.25, 0.3) is 0 Å². The molecule has 0 saturated carbocycles. The molecule has 8 rings (SSSR count). The summed E-state index contributed by atoms with van der Waals surface area (Å²) in [5.41, 5.74) is 7.83. The van der Waals surface area contributed by atoms with Gasteiger partial charge >= 0.3 is 0 Å². The molecule has 0 aliphatic carbocycles.